The smallest absolute Gasteiger partial charge is 0.260 e. The third-order valence-electron chi connectivity index (χ3n) is 4.62. The summed E-state index contributed by atoms with van der Waals surface area (Å²) in [5, 5.41) is 8.66. The molecule has 1 aromatic carbocycles. The molecule has 0 N–H and O–H groups in total. The molecule has 122 valence electrons. The highest BCUT2D eigenvalue weighted by atomic mass is 16.5. The maximum absolute atomic E-state index is 12.5. The SMILES string of the molecule is N#CCc1ccc(OCC(=O)N2CCO[C@H]3CCCC[C@H]32)cc1. The molecule has 1 saturated heterocycles. The van der Waals surface area contributed by atoms with Crippen LogP contribution in [0.25, 0.3) is 0 Å². The zero-order valence-electron chi connectivity index (χ0n) is 13.2. The molecule has 1 aliphatic heterocycles. The molecule has 1 aromatic rings. The molecular formula is C18H22N2O3. The molecule has 2 fully saturated rings. The summed E-state index contributed by atoms with van der Waals surface area (Å²) in [4.78, 5) is 14.4. The fourth-order valence-corrected chi connectivity index (χ4v) is 3.43. The highest BCUT2D eigenvalue weighted by molar-refractivity contribution is 5.78. The Morgan fingerprint density at radius 2 is 2.09 bits per heavy atom. The first-order chi connectivity index (χ1) is 11.3. The number of carbonyl (C=O) groups excluding carboxylic acids is 1. The van der Waals surface area contributed by atoms with Crippen molar-refractivity contribution >= 4 is 5.91 Å². The van der Waals surface area contributed by atoms with Crippen LogP contribution in [0.15, 0.2) is 24.3 Å². The van der Waals surface area contributed by atoms with E-state index >= 15 is 0 Å². The Bertz CT molecular complexity index is 577. The Morgan fingerprint density at radius 3 is 2.87 bits per heavy atom. The maximum atomic E-state index is 12.5. The molecular weight excluding hydrogens is 292 g/mol. The van der Waals surface area contributed by atoms with E-state index in [1.807, 2.05) is 29.2 Å². The Balaban J connectivity index is 1.55. The number of nitrogens with zero attached hydrogens (tertiary/aromatic N) is 2. The van der Waals surface area contributed by atoms with E-state index in [0.29, 0.717) is 25.3 Å². The Morgan fingerprint density at radius 1 is 1.30 bits per heavy atom. The van der Waals surface area contributed by atoms with Gasteiger partial charge in [0.2, 0.25) is 0 Å². The third-order valence-corrected chi connectivity index (χ3v) is 4.62. The van der Waals surface area contributed by atoms with Gasteiger partial charge >= 0.3 is 0 Å². The molecule has 1 aliphatic carbocycles. The van der Waals surface area contributed by atoms with Gasteiger partial charge in [-0.15, -0.1) is 0 Å². The molecule has 3 rings (SSSR count). The molecule has 0 bridgehead atoms. The average molecular weight is 314 g/mol. The minimum absolute atomic E-state index is 0.0336. The van der Waals surface area contributed by atoms with E-state index in [-0.39, 0.29) is 24.7 Å². The van der Waals surface area contributed by atoms with Gasteiger partial charge in [0.1, 0.15) is 5.75 Å². The van der Waals surface area contributed by atoms with Crippen LogP contribution < -0.4 is 4.74 Å². The van der Waals surface area contributed by atoms with Crippen molar-refractivity contribution in [2.24, 2.45) is 0 Å². The summed E-state index contributed by atoms with van der Waals surface area (Å²) >= 11 is 0. The highest BCUT2D eigenvalue weighted by Gasteiger charge is 2.36. The second kappa shape index (κ2) is 7.47. The van der Waals surface area contributed by atoms with Crippen molar-refractivity contribution in [1.29, 1.82) is 5.26 Å². The zero-order chi connectivity index (χ0) is 16.1. The van der Waals surface area contributed by atoms with Gasteiger partial charge in [0.05, 0.1) is 31.2 Å². The molecule has 1 saturated carbocycles. The van der Waals surface area contributed by atoms with Crippen molar-refractivity contribution in [1.82, 2.24) is 4.90 Å². The first kappa shape index (κ1) is 15.8. The summed E-state index contributed by atoms with van der Waals surface area (Å²) in [6, 6.07) is 9.65. The molecule has 0 aromatic heterocycles. The van der Waals surface area contributed by atoms with E-state index in [0.717, 1.165) is 24.8 Å². The van der Waals surface area contributed by atoms with Crippen molar-refractivity contribution in [3.05, 3.63) is 29.8 Å². The largest absolute Gasteiger partial charge is 0.484 e. The van der Waals surface area contributed by atoms with Crippen LogP contribution in [0.4, 0.5) is 0 Å². The normalized spacial score (nSPS) is 23.7. The monoisotopic (exact) mass is 314 g/mol. The predicted molar refractivity (Wildman–Crippen MR) is 85.0 cm³/mol. The van der Waals surface area contributed by atoms with Gasteiger partial charge in [0.25, 0.3) is 5.91 Å². The second-order valence-corrected chi connectivity index (χ2v) is 6.12. The van der Waals surface area contributed by atoms with Crippen LogP contribution in [0, 0.1) is 11.3 Å². The van der Waals surface area contributed by atoms with Gasteiger partial charge in [-0.05, 0) is 30.5 Å². The lowest BCUT2D eigenvalue weighted by atomic mass is 9.90. The topological polar surface area (TPSA) is 62.6 Å². The number of ether oxygens (including phenoxy) is 2. The van der Waals surface area contributed by atoms with Gasteiger partial charge in [0.15, 0.2) is 6.61 Å². The van der Waals surface area contributed by atoms with E-state index in [1.54, 1.807) is 0 Å². The zero-order valence-corrected chi connectivity index (χ0v) is 13.2. The third kappa shape index (κ3) is 3.83. The minimum Gasteiger partial charge on any atom is -0.484 e. The Labute approximate surface area is 136 Å². The first-order valence-corrected chi connectivity index (χ1v) is 8.27. The Hall–Kier alpha value is -2.06. The number of rotatable bonds is 4. The summed E-state index contributed by atoms with van der Waals surface area (Å²) in [7, 11) is 0. The van der Waals surface area contributed by atoms with E-state index in [9.17, 15) is 4.79 Å². The van der Waals surface area contributed by atoms with Crippen molar-refractivity contribution in [3.8, 4) is 11.8 Å². The number of nitriles is 1. The minimum atomic E-state index is 0.0336. The van der Waals surface area contributed by atoms with Gasteiger partial charge in [-0.1, -0.05) is 25.0 Å². The van der Waals surface area contributed by atoms with Gasteiger partial charge in [-0.2, -0.15) is 5.26 Å². The summed E-state index contributed by atoms with van der Waals surface area (Å²) < 4.78 is 11.4. The van der Waals surface area contributed by atoms with Crippen LogP contribution in [-0.2, 0) is 16.0 Å². The summed E-state index contributed by atoms with van der Waals surface area (Å²) in [6.07, 6.45) is 5.02. The standard InChI is InChI=1S/C18H22N2O3/c19-10-9-14-5-7-15(8-6-14)23-13-18(21)20-11-12-22-17-4-2-1-3-16(17)20/h5-8,16-17H,1-4,9,11-13H2/t16-,17+/m1/s1. The van der Waals surface area contributed by atoms with Crippen molar-refractivity contribution < 1.29 is 14.3 Å². The van der Waals surface area contributed by atoms with Crippen molar-refractivity contribution in [2.45, 2.75) is 44.2 Å². The number of carbonyl (C=O) groups is 1. The lowest BCUT2D eigenvalue weighted by Crippen LogP contribution is -2.55. The second-order valence-electron chi connectivity index (χ2n) is 6.12. The van der Waals surface area contributed by atoms with E-state index in [4.69, 9.17) is 14.7 Å². The molecule has 0 radical (unpaired) electrons. The molecule has 5 nitrogen and oxygen atoms in total. The van der Waals surface area contributed by atoms with Crippen molar-refractivity contribution in [2.75, 3.05) is 19.8 Å². The van der Waals surface area contributed by atoms with E-state index in [1.165, 1.54) is 6.42 Å². The summed E-state index contributed by atoms with van der Waals surface area (Å²) in [5.41, 5.74) is 0.949. The Kier molecular flexibility index (Phi) is 5.14. The molecule has 1 amide bonds. The number of hydrogen-bond donors (Lipinski definition) is 0. The van der Waals surface area contributed by atoms with Crippen LogP contribution in [0.3, 0.4) is 0 Å². The van der Waals surface area contributed by atoms with Crippen LogP contribution in [0.1, 0.15) is 31.2 Å². The van der Waals surface area contributed by atoms with Crippen LogP contribution in [0.2, 0.25) is 0 Å². The van der Waals surface area contributed by atoms with Gasteiger partial charge < -0.3 is 14.4 Å². The van der Waals surface area contributed by atoms with Crippen LogP contribution in [-0.4, -0.2) is 42.7 Å². The predicted octanol–water partition coefficient (Wildman–Crippen LogP) is 2.30. The number of benzene rings is 1. The summed E-state index contributed by atoms with van der Waals surface area (Å²) in [6.45, 7) is 1.33. The molecule has 0 unspecified atom stereocenters. The van der Waals surface area contributed by atoms with Gasteiger partial charge in [0, 0.05) is 6.54 Å². The maximum Gasteiger partial charge on any atom is 0.260 e. The molecule has 0 spiro atoms. The van der Waals surface area contributed by atoms with E-state index < -0.39 is 0 Å². The quantitative estimate of drug-likeness (QED) is 0.855. The van der Waals surface area contributed by atoms with Crippen LogP contribution in [0.5, 0.6) is 5.75 Å². The van der Waals surface area contributed by atoms with Crippen LogP contribution >= 0.6 is 0 Å². The number of amides is 1. The highest BCUT2D eigenvalue weighted by Crippen LogP contribution is 2.28. The molecule has 1 heterocycles. The van der Waals surface area contributed by atoms with Gasteiger partial charge in [-0.25, -0.2) is 0 Å². The average Bonchev–Trinajstić information content (AvgIpc) is 2.60. The fraction of sp³-hybridized carbons (Fsp3) is 0.556. The van der Waals surface area contributed by atoms with Crippen molar-refractivity contribution in [3.63, 3.8) is 0 Å². The lowest BCUT2D eigenvalue weighted by Gasteiger charge is -2.43. The number of hydrogen-bond acceptors (Lipinski definition) is 4. The fourth-order valence-electron chi connectivity index (χ4n) is 3.43. The molecule has 5 heteroatoms. The molecule has 2 aliphatic rings. The van der Waals surface area contributed by atoms with E-state index in [2.05, 4.69) is 6.07 Å². The molecule has 2 atom stereocenters. The number of morpholine rings is 1. The molecule has 23 heavy (non-hydrogen) atoms. The lowest BCUT2D eigenvalue weighted by molar-refractivity contribution is -0.151. The van der Waals surface area contributed by atoms with Gasteiger partial charge in [-0.3, -0.25) is 4.79 Å². The summed E-state index contributed by atoms with van der Waals surface area (Å²) in [5.74, 6) is 0.694. The first-order valence-electron chi connectivity index (χ1n) is 8.27. The number of fused-ring (bicyclic) bond motifs is 1.